The number of aromatic nitrogens is 2. The molecule has 0 spiro atoms. The minimum absolute atomic E-state index is 0.229. The third-order valence-corrected chi connectivity index (χ3v) is 4.30. The molecule has 1 saturated heterocycles. The molecular weight excluding hydrogens is 256 g/mol. The normalized spacial score (nSPS) is 21.6. The van der Waals surface area contributed by atoms with Gasteiger partial charge in [-0.25, -0.2) is 0 Å². The van der Waals surface area contributed by atoms with Crippen LogP contribution in [0, 0.1) is 0 Å². The lowest BCUT2D eigenvalue weighted by Gasteiger charge is -2.32. The van der Waals surface area contributed by atoms with Gasteiger partial charge in [0.1, 0.15) is 5.60 Å². The van der Waals surface area contributed by atoms with Gasteiger partial charge in [0, 0.05) is 33.3 Å². The van der Waals surface area contributed by atoms with Gasteiger partial charge in [-0.1, -0.05) is 19.0 Å². The van der Waals surface area contributed by atoms with E-state index in [0.717, 1.165) is 44.8 Å². The Morgan fingerprint density at radius 2 is 2.10 bits per heavy atom. The highest BCUT2D eigenvalue weighted by molar-refractivity contribution is 5.01. The van der Waals surface area contributed by atoms with Crippen LogP contribution in [0.25, 0.3) is 0 Å². The van der Waals surface area contributed by atoms with Gasteiger partial charge in [-0.2, -0.15) is 4.98 Å². The van der Waals surface area contributed by atoms with E-state index in [4.69, 9.17) is 9.26 Å². The molecule has 1 aromatic rings. The first kappa shape index (κ1) is 15.4. The van der Waals surface area contributed by atoms with E-state index in [1.165, 1.54) is 0 Å². The number of methoxy groups -OCH3 is 1. The summed E-state index contributed by atoms with van der Waals surface area (Å²) < 4.78 is 11.0. The third kappa shape index (κ3) is 3.02. The Morgan fingerprint density at radius 1 is 1.40 bits per heavy atom. The maximum absolute atomic E-state index is 5.53. The molecule has 1 aliphatic rings. The highest BCUT2D eigenvalue weighted by Gasteiger charge is 2.33. The highest BCUT2D eigenvalue weighted by Crippen LogP contribution is 2.29. The first-order valence-electron chi connectivity index (χ1n) is 7.48. The summed E-state index contributed by atoms with van der Waals surface area (Å²) in [4.78, 5) is 7.02. The summed E-state index contributed by atoms with van der Waals surface area (Å²) in [6.07, 6.45) is 1.78. The number of hydrogen-bond acceptors (Lipinski definition) is 6. The van der Waals surface area contributed by atoms with E-state index in [1.807, 2.05) is 6.92 Å². The van der Waals surface area contributed by atoms with Gasteiger partial charge in [0.2, 0.25) is 0 Å². The Hall–Kier alpha value is -0.980. The van der Waals surface area contributed by atoms with Crippen molar-refractivity contribution in [3.63, 3.8) is 0 Å². The molecule has 0 radical (unpaired) electrons. The molecule has 0 amide bonds. The molecule has 114 valence electrons. The number of nitrogens with one attached hydrogen (secondary N) is 1. The third-order valence-electron chi connectivity index (χ3n) is 4.30. The first-order valence-corrected chi connectivity index (χ1v) is 7.48. The van der Waals surface area contributed by atoms with E-state index in [2.05, 4.69) is 34.2 Å². The highest BCUT2D eigenvalue weighted by atomic mass is 16.5. The zero-order chi connectivity index (χ0) is 14.6. The molecule has 2 heterocycles. The SMILES string of the molecule is CCC(c1noc(C(C)(CC)OC)n1)N1CCNCC1. The van der Waals surface area contributed by atoms with E-state index in [-0.39, 0.29) is 6.04 Å². The standard InChI is InChI=1S/C14H26N4O2/c1-5-11(18-9-7-15-8-10-18)12-16-13(20-17-12)14(3,6-2)19-4/h11,15H,5-10H2,1-4H3. The molecule has 0 saturated carbocycles. The number of nitrogens with zero attached hydrogens (tertiary/aromatic N) is 3. The van der Waals surface area contributed by atoms with Crippen molar-refractivity contribution in [2.24, 2.45) is 0 Å². The average Bonchev–Trinajstić information content (AvgIpc) is 2.98. The Morgan fingerprint density at radius 3 is 2.65 bits per heavy atom. The van der Waals surface area contributed by atoms with Crippen molar-refractivity contribution in [1.82, 2.24) is 20.4 Å². The van der Waals surface area contributed by atoms with Crippen molar-refractivity contribution in [3.8, 4) is 0 Å². The van der Waals surface area contributed by atoms with Gasteiger partial charge in [0.25, 0.3) is 5.89 Å². The summed E-state index contributed by atoms with van der Waals surface area (Å²) in [5, 5.41) is 7.56. The van der Waals surface area contributed by atoms with E-state index >= 15 is 0 Å². The van der Waals surface area contributed by atoms with Crippen molar-refractivity contribution in [1.29, 1.82) is 0 Å². The molecule has 2 atom stereocenters. The molecule has 2 unspecified atom stereocenters. The fourth-order valence-corrected chi connectivity index (χ4v) is 2.57. The van der Waals surface area contributed by atoms with Crippen molar-refractivity contribution in [2.45, 2.75) is 45.3 Å². The maximum Gasteiger partial charge on any atom is 0.258 e. The molecule has 20 heavy (non-hydrogen) atoms. The van der Waals surface area contributed by atoms with Crippen molar-refractivity contribution < 1.29 is 9.26 Å². The minimum atomic E-state index is -0.493. The Labute approximate surface area is 120 Å². The lowest BCUT2D eigenvalue weighted by atomic mass is 10.0. The van der Waals surface area contributed by atoms with Gasteiger partial charge >= 0.3 is 0 Å². The number of ether oxygens (including phenoxy) is 1. The second kappa shape index (κ2) is 6.65. The predicted octanol–water partition coefficient (Wildman–Crippen LogP) is 1.70. The van der Waals surface area contributed by atoms with Crippen molar-refractivity contribution in [2.75, 3.05) is 33.3 Å². The monoisotopic (exact) mass is 282 g/mol. The zero-order valence-corrected chi connectivity index (χ0v) is 13.0. The molecule has 1 aliphatic heterocycles. The van der Waals surface area contributed by atoms with Crippen LogP contribution in [-0.4, -0.2) is 48.3 Å². The first-order chi connectivity index (χ1) is 9.64. The van der Waals surface area contributed by atoms with Gasteiger partial charge in [-0.05, 0) is 19.8 Å². The average molecular weight is 282 g/mol. The molecule has 2 rings (SSSR count). The van der Waals surface area contributed by atoms with Crippen LogP contribution < -0.4 is 5.32 Å². The van der Waals surface area contributed by atoms with Gasteiger partial charge in [-0.15, -0.1) is 0 Å². The van der Waals surface area contributed by atoms with Crippen LogP contribution in [0.15, 0.2) is 4.52 Å². The summed E-state index contributed by atoms with van der Waals surface area (Å²) in [5.74, 6) is 1.35. The maximum atomic E-state index is 5.53. The summed E-state index contributed by atoms with van der Waals surface area (Å²) >= 11 is 0. The smallest absolute Gasteiger partial charge is 0.258 e. The fourth-order valence-electron chi connectivity index (χ4n) is 2.57. The van der Waals surface area contributed by atoms with Crippen LogP contribution in [0.4, 0.5) is 0 Å². The van der Waals surface area contributed by atoms with Crippen LogP contribution in [0.2, 0.25) is 0 Å². The summed E-state index contributed by atoms with van der Waals surface area (Å²) in [6.45, 7) is 10.3. The molecule has 1 N–H and O–H groups in total. The van der Waals surface area contributed by atoms with E-state index in [9.17, 15) is 0 Å². The second-order valence-electron chi connectivity index (χ2n) is 5.46. The minimum Gasteiger partial charge on any atom is -0.369 e. The lowest BCUT2D eigenvalue weighted by Crippen LogP contribution is -2.45. The fraction of sp³-hybridized carbons (Fsp3) is 0.857. The Balaban J connectivity index is 2.17. The quantitative estimate of drug-likeness (QED) is 0.857. The van der Waals surface area contributed by atoms with Gasteiger partial charge in [0.05, 0.1) is 6.04 Å². The van der Waals surface area contributed by atoms with Crippen LogP contribution in [0.3, 0.4) is 0 Å². The number of piperazine rings is 1. The summed E-state index contributed by atoms with van der Waals surface area (Å²) in [6, 6.07) is 0.229. The van der Waals surface area contributed by atoms with Crippen molar-refractivity contribution in [3.05, 3.63) is 11.7 Å². The second-order valence-corrected chi connectivity index (χ2v) is 5.46. The zero-order valence-electron chi connectivity index (χ0n) is 13.0. The van der Waals surface area contributed by atoms with Crippen LogP contribution >= 0.6 is 0 Å². The Kier molecular flexibility index (Phi) is 5.12. The largest absolute Gasteiger partial charge is 0.369 e. The van der Waals surface area contributed by atoms with Gasteiger partial charge < -0.3 is 14.6 Å². The number of rotatable bonds is 6. The topological polar surface area (TPSA) is 63.4 Å². The van der Waals surface area contributed by atoms with Gasteiger partial charge in [-0.3, -0.25) is 4.90 Å². The van der Waals surface area contributed by atoms with Crippen LogP contribution in [0.5, 0.6) is 0 Å². The molecule has 0 aromatic carbocycles. The number of hydrogen-bond donors (Lipinski definition) is 1. The summed E-state index contributed by atoms with van der Waals surface area (Å²) in [5.41, 5.74) is -0.493. The van der Waals surface area contributed by atoms with Gasteiger partial charge in [0.15, 0.2) is 5.82 Å². The Bertz CT molecular complexity index is 411. The van der Waals surface area contributed by atoms with E-state index < -0.39 is 5.60 Å². The molecular formula is C14H26N4O2. The molecule has 6 heteroatoms. The summed E-state index contributed by atoms with van der Waals surface area (Å²) in [7, 11) is 1.68. The van der Waals surface area contributed by atoms with E-state index in [0.29, 0.717) is 5.89 Å². The molecule has 0 aliphatic carbocycles. The van der Waals surface area contributed by atoms with Crippen LogP contribution in [-0.2, 0) is 10.3 Å². The van der Waals surface area contributed by atoms with Crippen LogP contribution in [0.1, 0.15) is 51.4 Å². The molecule has 1 fully saturated rings. The lowest BCUT2D eigenvalue weighted by molar-refractivity contribution is -0.0272. The van der Waals surface area contributed by atoms with Crippen molar-refractivity contribution >= 4 is 0 Å². The molecule has 0 bridgehead atoms. The predicted molar refractivity (Wildman–Crippen MR) is 76.4 cm³/mol. The molecule has 1 aromatic heterocycles. The molecule has 6 nitrogen and oxygen atoms in total. The van der Waals surface area contributed by atoms with E-state index in [1.54, 1.807) is 7.11 Å².